The van der Waals surface area contributed by atoms with Crippen molar-refractivity contribution >= 4 is 23.3 Å². The van der Waals surface area contributed by atoms with Crippen LogP contribution in [0.25, 0.3) is 10.6 Å². The molecule has 0 aliphatic carbocycles. The molecular weight excluding hydrogens is 390 g/mol. The number of likely N-dealkylation sites (tertiary alicyclic amines) is 1. The van der Waals surface area contributed by atoms with Gasteiger partial charge in [0.05, 0.1) is 12.2 Å². The normalized spacial score (nSPS) is 19.8. The Morgan fingerprint density at radius 1 is 1.38 bits per heavy atom. The number of hydrogen-bond acceptors (Lipinski definition) is 6. The van der Waals surface area contributed by atoms with E-state index in [1.165, 1.54) is 11.3 Å². The van der Waals surface area contributed by atoms with Crippen molar-refractivity contribution < 1.29 is 14.3 Å². The van der Waals surface area contributed by atoms with Gasteiger partial charge < -0.3 is 15.0 Å². The summed E-state index contributed by atoms with van der Waals surface area (Å²) in [4.78, 5) is 31.6. The fraction of sp³-hybridized carbons (Fsp3) is 0.600. The third-order valence-electron chi connectivity index (χ3n) is 4.91. The summed E-state index contributed by atoms with van der Waals surface area (Å²) in [6.07, 6.45) is 5.11. The topological polar surface area (TPSA) is 89.4 Å². The Bertz CT molecular complexity index is 870. The standard InChI is InChI=1S/C20H29N5O3S/c1-13-7-6-8-25(16(13)10-21-19(27)28-20(2,3)4)18(26)15-12-29-17(23-15)14-9-22-24(5)11-14/h9,11-13,16H,6-8,10H2,1-5H3,(H,21,27)/t13-,16+/m1/s1. The van der Waals surface area contributed by atoms with Gasteiger partial charge in [-0.05, 0) is 39.5 Å². The molecule has 1 N–H and O–H groups in total. The van der Waals surface area contributed by atoms with Gasteiger partial charge in [-0.2, -0.15) is 5.10 Å². The Kier molecular flexibility index (Phi) is 6.26. The Morgan fingerprint density at radius 2 is 2.14 bits per heavy atom. The molecule has 1 aliphatic heterocycles. The van der Waals surface area contributed by atoms with Crippen molar-refractivity contribution in [1.82, 2.24) is 25.0 Å². The van der Waals surface area contributed by atoms with E-state index in [1.54, 1.807) is 16.3 Å². The molecule has 9 heteroatoms. The number of rotatable bonds is 4. The van der Waals surface area contributed by atoms with E-state index in [4.69, 9.17) is 4.74 Å². The molecule has 158 valence electrons. The summed E-state index contributed by atoms with van der Waals surface area (Å²) >= 11 is 1.43. The van der Waals surface area contributed by atoms with Crippen molar-refractivity contribution in [1.29, 1.82) is 0 Å². The number of ether oxygens (including phenoxy) is 1. The smallest absolute Gasteiger partial charge is 0.407 e. The van der Waals surface area contributed by atoms with Crippen LogP contribution in [0, 0.1) is 5.92 Å². The van der Waals surface area contributed by atoms with Crippen molar-refractivity contribution in [3.8, 4) is 10.6 Å². The SMILES string of the molecule is C[C@@H]1CCCN(C(=O)c2csc(-c3cnn(C)c3)n2)[C@H]1CNC(=O)OC(C)(C)C. The lowest BCUT2D eigenvalue weighted by atomic mass is 9.90. The molecule has 3 rings (SSSR count). The van der Waals surface area contributed by atoms with E-state index in [0.29, 0.717) is 18.8 Å². The molecule has 0 saturated carbocycles. The van der Waals surface area contributed by atoms with E-state index in [-0.39, 0.29) is 17.9 Å². The molecule has 1 aliphatic rings. The van der Waals surface area contributed by atoms with Crippen LogP contribution in [-0.2, 0) is 11.8 Å². The van der Waals surface area contributed by atoms with E-state index in [0.717, 1.165) is 23.4 Å². The van der Waals surface area contributed by atoms with Crippen LogP contribution < -0.4 is 5.32 Å². The van der Waals surface area contributed by atoms with Crippen LogP contribution in [0.15, 0.2) is 17.8 Å². The molecular formula is C20H29N5O3S. The van der Waals surface area contributed by atoms with E-state index >= 15 is 0 Å². The lowest BCUT2D eigenvalue weighted by Gasteiger charge is -2.39. The first-order valence-electron chi connectivity index (χ1n) is 9.86. The number of piperidine rings is 1. The summed E-state index contributed by atoms with van der Waals surface area (Å²) in [5.41, 5.74) is 0.776. The molecule has 1 fully saturated rings. The molecule has 2 atom stereocenters. The molecule has 0 bridgehead atoms. The number of aromatic nitrogens is 3. The molecule has 8 nitrogen and oxygen atoms in total. The number of alkyl carbamates (subject to hydrolysis) is 1. The Morgan fingerprint density at radius 3 is 2.79 bits per heavy atom. The fourth-order valence-corrected chi connectivity index (χ4v) is 4.27. The molecule has 0 radical (unpaired) electrons. The highest BCUT2D eigenvalue weighted by atomic mass is 32.1. The molecule has 2 amide bonds. The monoisotopic (exact) mass is 419 g/mol. The van der Waals surface area contributed by atoms with Gasteiger partial charge >= 0.3 is 6.09 Å². The lowest BCUT2D eigenvalue weighted by molar-refractivity contribution is 0.0405. The first kappa shape index (κ1) is 21.3. The second-order valence-electron chi connectivity index (χ2n) is 8.51. The Hall–Kier alpha value is -2.42. The minimum Gasteiger partial charge on any atom is -0.444 e. The van der Waals surface area contributed by atoms with Gasteiger partial charge in [0.2, 0.25) is 0 Å². The number of hydrogen-bond donors (Lipinski definition) is 1. The minimum atomic E-state index is -0.554. The van der Waals surface area contributed by atoms with E-state index in [1.807, 2.05) is 38.9 Å². The van der Waals surface area contributed by atoms with Gasteiger partial charge in [0, 0.05) is 37.3 Å². The maximum absolute atomic E-state index is 13.2. The quantitative estimate of drug-likeness (QED) is 0.821. The first-order valence-corrected chi connectivity index (χ1v) is 10.7. The van der Waals surface area contributed by atoms with Gasteiger partial charge in [-0.25, -0.2) is 9.78 Å². The van der Waals surface area contributed by atoms with Gasteiger partial charge in [-0.15, -0.1) is 11.3 Å². The number of thiazole rings is 1. The second-order valence-corrected chi connectivity index (χ2v) is 9.37. The van der Waals surface area contributed by atoms with Crippen LogP contribution in [0.2, 0.25) is 0 Å². The van der Waals surface area contributed by atoms with Crippen LogP contribution in [0.5, 0.6) is 0 Å². The number of nitrogens with one attached hydrogen (secondary N) is 1. The molecule has 1 saturated heterocycles. The van der Waals surface area contributed by atoms with Crippen molar-refractivity contribution in [3.63, 3.8) is 0 Å². The lowest BCUT2D eigenvalue weighted by Crippen LogP contribution is -2.53. The highest BCUT2D eigenvalue weighted by Crippen LogP contribution is 2.27. The summed E-state index contributed by atoms with van der Waals surface area (Å²) < 4.78 is 7.04. The van der Waals surface area contributed by atoms with Gasteiger partial charge in [0.25, 0.3) is 5.91 Å². The average Bonchev–Trinajstić information content (AvgIpc) is 3.27. The predicted molar refractivity (Wildman–Crippen MR) is 112 cm³/mol. The van der Waals surface area contributed by atoms with Crippen molar-refractivity contribution in [2.45, 2.75) is 52.2 Å². The maximum Gasteiger partial charge on any atom is 0.407 e. The van der Waals surface area contributed by atoms with Crippen LogP contribution >= 0.6 is 11.3 Å². The predicted octanol–water partition coefficient (Wildman–Crippen LogP) is 3.31. The van der Waals surface area contributed by atoms with E-state index < -0.39 is 11.7 Å². The number of carbonyl (C=O) groups excluding carboxylic acids is 2. The largest absolute Gasteiger partial charge is 0.444 e. The van der Waals surface area contributed by atoms with Gasteiger partial charge in [-0.3, -0.25) is 9.48 Å². The third-order valence-corrected chi connectivity index (χ3v) is 5.80. The molecule has 2 aromatic heterocycles. The highest BCUT2D eigenvalue weighted by Gasteiger charge is 2.34. The zero-order chi connectivity index (χ0) is 21.2. The maximum atomic E-state index is 13.2. The summed E-state index contributed by atoms with van der Waals surface area (Å²) in [5, 5.41) is 9.55. The second kappa shape index (κ2) is 8.52. The molecule has 2 aromatic rings. The third kappa shape index (κ3) is 5.35. The summed E-state index contributed by atoms with van der Waals surface area (Å²) in [6, 6.07) is -0.0905. The molecule has 29 heavy (non-hydrogen) atoms. The first-order chi connectivity index (χ1) is 13.6. The van der Waals surface area contributed by atoms with Crippen molar-refractivity contribution in [2.24, 2.45) is 13.0 Å². The van der Waals surface area contributed by atoms with Crippen molar-refractivity contribution in [2.75, 3.05) is 13.1 Å². The van der Waals surface area contributed by atoms with Gasteiger partial charge in [-0.1, -0.05) is 6.92 Å². The Labute approximate surface area is 175 Å². The number of aryl methyl sites for hydroxylation is 1. The molecule has 0 aromatic carbocycles. The average molecular weight is 420 g/mol. The molecule has 0 unspecified atom stereocenters. The molecule has 0 spiro atoms. The summed E-state index contributed by atoms with van der Waals surface area (Å²) in [7, 11) is 1.85. The van der Waals surface area contributed by atoms with Crippen LogP contribution in [-0.4, -0.2) is 56.4 Å². The van der Waals surface area contributed by atoms with Gasteiger partial charge in [0.1, 0.15) is 16.3 Å². The zero-order valence-corrected chi connectivity index (χ0v) is 18.5. The van der Waals surface area contributed by atoms with Crippen LogP contribution in [0.3, 0.4) is 0 Å². The number of carbonyl (C=O) groups is 2. The number of amides is 2. The van der Waals surface area contributed by atoms with Gasteiger partial charge in [0.15, 0.2) is 0 Å². The fourth-order valence-electron chi connectivity index (χ4n) is 3.50. The van der Waals surface area contributed by atoms with Crippen LogP contribution in [0.1, 0.15) is 51.0 Å². The Balaban J connectivity index is 1.70. The minimum absolute atomic E-state index is 0.0905. The van der Waals surface area contributed by atoms with Crippen molar-refractivity contribution in [3.05, 3.63) is 23.5 Å². The van der Waals surface area contributed by atoms with E-state index in [2.05, 4.69) is 22.3 Å². The van der Waals surface area contributed by atoms with E-state index in [9.17, 15) is 9.59 Å². The summed E-state index contributed by atoms with van der Waals surface area (Å²) in [5.74, 6) is 0.179. The van der Waals surface area contributed by atoms with Crippen LogP contribution in [0.4, 0.5) is 4.79 Å². The summed E-state index contributed by atoms with van der Waals surface area (Å²) in [6.45, 7) is 8.61. The highest BCUT2D eigenvalue weighted by molar-refractivity contribution is 7.13. The molecule has 3 heterocycles. The zero-order valence-electron chi connectivity index (χ0n) is 17.6. The number of nitrogens with zero attached hydrogens (tertiary/aromatic N) is 4.